The van der Waals surface area contributed by atoms with Crippen molar-refractivity contribution in [3.05, 3.63) is 16.9 Å². The molecule has 2 heterocycles. The summed E-state index contributed by atoms with van der Waals surface area (Å²) >= 11 is 3.45. The smallest absolute Gasteiger partial charge is 0.0776 e. The molecule has 2 rings (SSSR count). The van der Waals surface area contributed by atoms with Gasteiger partial charge in [-0.05, 0) is 28.8 Å². The number of nitrogen functional groups attached to an aromatic ring is 1. The molecule has 0 aliphatic carbocycles. The van der Waals surface area contributed by atoms with Crippen molar-refractivity contribution in [2.45, 2.75) is 18.9 Å². The summed E-state index contributed by atoms with van der Waals surface area (Å²) < 4.78 is 0.916. The van der Waals surface area contributed by atoms with Crippen LogP contribution in [0.1, 0.15) is 12.8 Å². The molecular weight excluding hydrogens is 258 g/mol. The second-order valence-corrected chi connectivity index (χ2v) is 4.63. The molecule has 82 valence electrons. The molecule has 5 heteroatoms. The Morgan fingerprint density at radius 2 is 2.07 bits per heavy atom. The van der Waals surface area contributed by atoms with Gasteiger partial charge in [0.25, 0.3) is 0 Å². The van der Waals surface area contributed by atoms with Gasteiger partial charge in [-0.1, -0.05) is 0 Å². The largest absolute Gasteiger partial charge is 0.396 e. The zero-order valence-electron chi connectivity index (χ0n) is 8.36. The number of piperidine rings is 1. The maximum Gasteiger partial charge on any atom is 0.0776 e. The highest BCUT2D eigenvalue weighted by molar-refractivity contribution is 9.10. The predicted molar refractivity (Wildman–Crippen MR) is 63.8 cm³/mol. The van der Waals surface area contributed by atoms with Crippen molar-refractivity contribution < 1.29 is 5.11 Å². The van der Waals surface area contributed by atoms with E-state index in [4.69, 9.17) is 5.73 Å². The first-order valence-corrected chi connectivity index (χ1v) is 5.80. The van der Waals surface area contributed by atoms with Crippen LogP contribution in [-0.4, -0.2) is 29.3 Å². The molecule has 3 N–H and O–H groups in total. The minimum Gasteiger partial charge on any atom is -0.396 e. The number of aliphatic hydroxyl groups is 1. The number of rotatable bonds is 1. The van der Waals surface area contributed by atoms with Crippen LogP contribution in [0.25, 0.3) is 0 Å². The van der Waals surface area contributed by atoms with Gasteiger partial charge in [-0.2, -0.15) is 0 Å². The first-order valence-electron chi connectivity index (χ1n) is 5.00. The van der Waals surface area contributed by atoms with E-state index in [1.807, 2.05) is 0 Å². The lowest BCUT2D eigenvalue weighted by Crippen LogP contribution is -2.36. The van der Waals surface area contributed by atoms with E-state index in [0.717, 1.165) is 36.1 Å². The number of nitrogens with zero attached hydrogens (tertiary/aromatic N) is 2. The second kappa shape index (κ2) is 4.37. The first kappa shape index (κ1) is 10.7. The van der Waals surface area contributed by atoms with Gasteiger partial charge in [0.05, 0.1) is 28.1 Å². The fraction of sp³-hybridized carbons (Fsp3) is 0.500. The van der Waals surface area contributed by atoms with Gasteiger partial charge in [-0.15, -0.1) is 0 Å². The van der Waals surface area contributed by atoms with Gasteiger partial charge in [0.1, 0.15) is 0 Å². The molecule has 0 amide bonds. The Morgan fingerprint density at radius 3 is 2.67 bits per heavy atom. The number of aromatic nitrogens is 1. The van der Waals surface area contributed by atoms with Crippen molar-refractivity contribution >= 4 is 27.3 Å². The molecule has 0 bridgehead atoms. The molecule has 0 aromatic carbocycles. The molecule has 1 aliphatic rings. The normalized spacial score (nSPS) is 18.1. The van der Waals surface area contributed by atoms with Crippen molar-refractivity contribution in [1.82, 2.24) is 4.98 Å². The Balaban J connectivity index is 2.22. The lowest BCUT2D eigenvalue weighted by atomic mass is 10.1. The summed E-state index contributed by atoms with van der Waals surface area (Å²) in [4.78, 5) is 6.19. The quantitative estimate of drug-likeness (QED) is 0.811. The van der Waals surface area contributed by atoms with Crippen LogP contribution < -0.4 is 10.6 Å². The van der Waals surface area contributed by atoms with Gasteiger partial charge in [0.2, 0.25) is 0 Å². The van der Waals surface area contributed by atoms with E-state index in [2.05, 4.69) is 25.8 Å². The molecular formula is C10H14BrN3O. The Labute approximate surface area is 97.2 Å². The van der Waals surface area contributed by atoms with Gasteiger partial charge in [-0.25, -0.2) is 0 Å². The molecule has 1 fully saturated rings. The van der Waals surface area contributed by atoms with Crippen molar-refractivity contribution in [2.75, 3.05) is 23.7 Å². The number of pyridine rings is 1. The number of aliphatic hydroxyl groups excluding tert-OH is 1. The average Bonchev–Trinajstić information content (AvgIpc) is 2.20. The minimum absolute atomic E-state index is 0.164. The SMILES string of the molecule is Nc1cncc(Br)c1N1CCC(O)CC1. The van der Waals surface area contributed by atoms with Crippen LogP contribution >= 0.6 is 15.9 Å². The standard InChI is InChI=1S/C10H14BrN3O/c11-8-5-13-6-9(12)10(8)14-3-1-7(15)2-4-14/h5-7,15H,1-4,12H2. The number of anilines is 2. The maximum absolute atomic E-state index is 9.43. The third-order valence-corrected chi connectivity index (χ3v) is 3.26. The average molecular weight is 272 g/mol. The Kier molecular flexibility index (Phi) is 3.11. The molecule has 1 saturated heterocycles. The number of hydrogen-bond acceptors (Lipinski definition) is 4. The zero-order chi connectivity index (χ0) is 10.8. The predicted octanol–water partition coefficient (Wildman–Crippen LogP) is 1.39. The van der Waals surface area contributed by atoms with Gasteiger partial charge in [-0.3, -0.25) is 4.98 Å². The van der Waals surface area contributed by atoms with Crippen molar-refractivity contribution in [1.29, 1.82) is 0 Å². The fourth-order valence-electron chi connectivity index (χ4n) is 1.87. The molecule has 0 atom stereocenters. The third kappa shape index (κ3) is 2.23. The van der Waals surface area contributed by atoms with Crippen LogP contribution in [0.15, 0.2) is 16.9 Å². The summed E-state index contributed by atoms with van der Waals surface area (Å²) in [6, 6.07) is 0. The first-order chi connectivity index (χ1) is 7.18. The number of hydrogen-bond donors (Lipinski definition) is 2. The Morgan fingerprint density at radius 1 is 1.40 bits per heavy atom. The number of halogens is 1. The minimum atomic E-state index is -0.164. The molecule has 1 aromatic rings. The van der Waals surface area contributed by atoms with Gasteiger partial charge < -0.3 is 15.7 Å². The van der Waals surface area contributed by atoms with Crippen LogP contribution in [0, 0.1) is 0 Å². The summed E-state index contributed by atoms with van der Waals surface area (Å²) in [7, 11) is 0. The van der Waals surface area contributed by atoms with Crippen LogP contribution in [0.2, 0.25) is 0 Å². The van der Waals surface area contributed by atoms with E-state index in [0.29, 0.717) is 5.69 Å². The lowest BCUT2D eigenvalue weighted by Gasteiger charge is -2.32. The second-order valence-electron chi connectivity index (χ2n) is 3.78. The fourth-order valence-corrected chi connectivity index (χ4v) is 2.46. The molecule has 0 saturated carbocycles. The molecule has 4 nitrogen and oxygen atoms in total. The van der Waals surface area contributed by atoms with Crippen LogP contribution in [0.4, 0.5) is 11.4 Å². The van der Waals surface area contributed by atoms with Gasteiger partial charge in [0.15, 0.2) is 0 Å². The molecule has 0 unspecified atom stereocenters. The summed E-state index contributed by atoms with van der Waals surface area (Å²) in [6.45, 7) is 1.68. The van der Waals surface area contributed by atoms with Crippen LogP contribution in [0.3, 0.4) is 0 Å². The molecule has 0 radical (unpaired) electrons. The van der Waals surface area contributed by atoms with E-state index < -0.39 is 0 Å². The van der Waals surface area contributed by atoms with Crippen LogP contribution in [-0.2, 0) is 0 Å². The van der Waals surface area contributed by atoms with Crippen LogP contribution in [0.5, 0.6) is 0 Å². The van der Waals surface area contributed by atoms with Crippen molar-refractivity contribution in [3.8, 4) is 0 Å². The topological polar surface area (TPSA) is 62.4 Å². The lowest BCUT2D eigenvalue weighted by molar-refractivity contribution is 0.145. The highest BCUT2D eigenvalue weighted by atomic mass is 79.9. The van der Waals surface area contributed by atoms with E-state index in [1.165, 1.54) is 0 Å². The number of nitrogens with two attached hydrogens (primary N) is 1. The van der Waals surface area contributed by atoms with E-state index >= 15 is 0 Å². The highest BCUT2D eigenvalue weighted by Gasteiger charge is 2.20. The summed E-state index contributed by atoms with van der Waals surface area (Å²) in [5, 5.41) is 9.43. The molecule has 15 heavy (non-hydrogen) atoms. The third-order valence-electron chi connectivity index (χ3n) is 2.68. The van der Waals surface area contributed by atoms with E-state index in [9.17, 15) is 5.11 Å². The summed E-state index contributed by atoms with van der Waals surface area (Å²) in [5.74, 6) is 0. The van der Waals surface area contributed by atoms with Gasteiger partial charge in [0, 0.05) is 19.3 Å². The highest BCUT2D eigenvalue weighted by Crippen LogP contribution is 2.32. The van der Waals surface area contributed by atoms with Gasteiger partial charge >= 0.3 is 0 Å². The maximum atomic E-state index is 9.43. The monoisotopic (exact) mass is 271 g/mol. The summed E-state index contributed by atoms with van der Waals surface area (Å²) in [6.07, 6.45) is 4.84. The van der Waals surface area contributed by atoms with Crippen molar-refractivity contribution in [2.24, 2.45) is 0 Å². The molecule has 1 aromatic heterocycles. The van der Waals surface area contributed by atoms with E-state index in [-0.39, 0.29) is 6.10 Å². The Hall–Kier alpha value is -0.810. The van der Waals surface area contributed by atoms with Crippen molar-refractivity contribution in [3.63, 3.8) is 0 Å². The molecule has 1 aliphatic heterocycles. The molecule has 0 spiro atoms. The Bertz CT molecular complexity index is 330. The summed E-state index contributed by atoms with van der Waals surface area (Å²) in [5.41, 5.74) is 7.57. The zero-order valence-corrected chi connectivity index (χ0v) is 9.94. The van der Waals surface area contributed by atoms with E-state index in [1.54, 1.807) is 12.4 Å².